The summed E-state index contributed by atoms with van der Waals surface area (Å²) in [5.41, 5.74) is 3.78. The van der Waals surface area contributed by atoms with Gasteiger partial charge in [0.15, 0.2) is 0 Å². The monoisotopic (exact) mass is 495 g/mol. The number of amides is 2. The van der Waals surface area contributed by atoms with Crippen molar-refractivity contribution in [2.24, 2.45) is 0 Å². The van der Waals surface area contributed by atoms with E-state index in [1.54, 1.807) is 17.0 Å². The molecule has 5 rings (SSSR count). The standard InChI is InChI=1S/C23H29FN4O.C5H9NO/c1-16-13-27(9-8-25-16)14-21(29)28-15-23(2,3)22-20(28)11-18(12-26-22)10-17-4-6-19(24)7-5-17;1-6-4-2-3-5(6)7/h4-7,11-12,16,25H,8-10,13-15H2,1-3H3;2-4H2,1H3. The lowest BCUT2D eigenvalue weighted by molar-refractivity contribution is -0.126. The average Bonchev–Trinajstić information content (AvgIpc) is 3.34. The Morgan fingerprint density at radius 3 is 2.56 bits per heavy atom. The Morgan fingerprint density at radius 2 is 1.94 bits per heavy atom. The molecule has 7 nitrogen and oxygen atoms in total. The molecule has 8 heteroatoms. The van der Waals surface area contributed by atoms with Crippen LogP contribution in [0.4, 0.5) is 10.1 Å². The van der Waals surface area contributed by atoms with Gasteiger partial charge in [-0.25, -0.2) is 4.39 Å². The van der Waals surface area contributed by atoms with E-state index < -0.39 is 0 Å². The zero-order valence-electron chi connectivity index (χ0n) is 21.9. The van der Waals surface area contributed by atoms with Crippen molar-refractivity contribution in [2.75, 3.05) is 51.2 Å². The zero-order valence-corrected chi connectivity index (χ0v) is 21.9. The van der Waals surface area contributed by atoms with Crippen LogP contribution >= 0.6 is 0 Å². The third kappa shape index (κ3) is 6.28. The molecule has 3 aliphatic heterocycles. The Kier molecular flexibility index (Phi) is 8.05. The van der Waals surface area contributed by atoms with Crippen LogP contribution in [0.15, 0.2) is 36.5 Å². The second-order valence-corrected chi connectivity index (χ2v) is 10.9. The second-order valence-electron chi connectivity index (χ2n) is 10.9. The largest absolute Gasteiger partial charge is 0.346 e. The highest BCUT2D eigenvalue weighted by molar-refractivity contribution is 5.97. The summed E-state index contributed by atoms with van der Waals surface area (Å²) in [6.45, 7) is 11.2. The van der Waals surface area contributed by atoms with E-state index in [1.165, 1.54) is 12.1 Å². The van der Waals surface area contributed by atoms with Crippen LogP contribution in [-0.4, -0.2) is 79.0 Å². The van der Waals surface area contributed by atoms with Crippen LogP contribution in [0.3, 0.4) is 0 Å². The summed E-state index contributed by atoms with van der Waals surface area (Å²) >= 11 is 0. The SMILES string of the molecule is CC1CN(CC(=O)N2CC(C)(C)c3ncc(Cc4ccc(F)cc4)cc32)CCN1.CN1CCCC1=O. The number of anilines is 1. The van der Waals surface area contributed by atoms with Crippen molar-refractivity contribution in [3.63, 3.8) is 0 Å². The fraction of sp³-hybridized carbons (Fsp3) is 0.536. The van der Waals surface area contributed by atoms with Crippen molar-refractivity contribution in [1.82, 2.24) is 20.1 Å². The Balaban J connectivity index is 0.000000375. The van der Waals surface area contributed by atoms with Crippen molar-refractivity contribution in [1.29, 1.82) is 0 Å². The van der Waals surface area contributed by atoms with Gasteiger partial charge in [0.25, 0.3) is 0 Å². The summed E-state index contributed by atoms with van der Waals surface area (Å²) in [6.07, 6.45) is 4.36. The summed E-state index contributed by atoms with van der Waals surface area (Å²) < 4.78 is 13.2. The summed E-state index contributed by atoms with van der Waals surface area (Å²) in [5.74, 6) is 0.188. The first kappa shape index (κ1) is 26.2. The topological polar surface area (TPSA) is 68.8 Å². The van der Waals surface area contributed by atoms with Gasteiger partial charge in [-0.1, -0.05) is 26.0 Å². The van der Waals surface area contributed by atoms with Crippen molar-refractivity contribution in [2.45, 2.75) is 51.5 Å². The molecule has 1 aromatic heterocycles. The summed E-state index contributed by atoms with van der Waals surface area (Å²) in [5, 5.41) is 3.42. The number of halogens is 1. The number of carbonyl (C=O) groups excluding carboxylic acids is 2. The van der Waals surface area contributed by atoms with Gasteiger partial charge in [0.2, 0.25) is 11.8 Å². The van der Waals surface area contributed by atoms with Gasteiger partial charge in [-0.15, -0.1) is 0 Å². The highest BCUT2D eigenvalue weighted by Gasteiger charge is 2.40. The Bertz CT molecular complexity index is 1090. The van der Waals surface area contributed by atoms with E-state index in [-0.39, 0.29) is 17.1 Å². The molecule has 1 N–H and O–H groups in total. The number of likely N-dealkylation sites (tertiary alicyclic amines) is 1. The predicted molar refractivity (Wildman–Crippen MR) is 140 cm³/mol. The fourth-order valence-corrected chi connectivity index (χ4v) is 5.15. The first-order chi connectivity index (χ1) is 17.1. The molecule has 2 fully saturated rings. The van der Waals surface area contributed by atoms with Crippen molar-refractivity contribution in [3.05, 3.63) is 59.2 Å². The fourth-order valence-electron chi connectivity index (χ4n) is 5.15. The number of aromatic nitrogens is 1. The normalized spacial score (nSPS) is 21.2. The molecule has 2 aromatic rings. The summed E-state index contributed by atoms with van der Waals surface area (Å²) in [4.78, 5) is 34.3. The van der Waals surface area contributed by atoms with E-state index in [2.05, 4.69) is 37.1 Å². The van der Waals surface area contributed by atoms with Crippen LogP contribution in [0.25, 0.3) is 0 Å². The molecule has 3 aliphatic rings. The molecular weight excluding hydrogens is 457 g/mol. The van der Waals surface area contributed by atoms with Gasteiger partial charge in [-0.3, -0.25) is 19.5 Å². The van der Waals surface area contributed by atoms with Crippen LogP contribution in [0.5, 0.6) is 0 Å². The number of piperazine rings is 1. The molecule has 0 aliphatic carbocycles. The third-order valence-electron chi connectivity index (χ3n) is 7.15. The highest BCUT2D eigenvalue weighted by Crippen LogP contribution is 2.39. The minimum Gasteiger partial charge on any atom is -0.346 e. The maximum absolute atomic E-state index is 13.2. The van der Waals surface area contributed by atoms with E-state index in [4.69, 9.17) is 4.98 Å². The molecule has 0 spiro atoms. The lowest BCUT2D eigenvalue weighted by Crippen LogP contribution is -2.52. The minimum atomic E-state index is -0.235. The van der Waals surface area contributed by atoms with Gasteiger partial charge < -0.3 is 15.1 Å². The molecule has 0 saturated carbocycles. The van der Waals surface area contributed by atoms with Crippen molar-refractivity contribution < 1.29 is 14.0 Å². The third-order valence-corrected chi connectivity index (χ3v) is 7.15. The summed E-state index contributed by atoms with van der Waals surface area (Å²) in [7, 11) is 1.84. The number of benzene rings is 1. The number of rotatable bonds is 4. The van der Waals surface area contributed by atoms with Gasteiger partial charge >= 0.3 is 0 Å². The number of hydrogen-bond donors (Lipinski definition) is 1. The molecular formula is C28H38FN5O2. The number of fused-ring (bicyclic) bond motifs is 1. The smallest absolute Gasteiger partial charge is 0.241 e. The van der Waals surface area contributed by atoms with Gasteiger partial charge in [0, 0.05) is 63.8 Å². The van der Waals surface area contributed by atoms with Crippen LogP contribution in [-0.2, 0) is 21.4 Å². The number of pyridine rings is 1. The Morgan fingerprint density at radius 1 is 1.19 bits per heavy atom. The number of nitrogens with zero attached hydrogens (tertiary/aromatic N) is 4. The minimum absolute atomic E-state index is 0.131. The van der Waals surface area contributed by atoms with E-state index in [1.807, 2.05) is 18.1 Å². The van der Waals surface area contributed by atoms with Gasteiger partial charge in [0.1, 0.15) is 5.82 Å². The molecule has 0 radical (unpaired) electrons. The molecule has 2 saturated heterocycles. The Labute approximate surface area is 213 Å². The van der Waals surface area contributed by atoms with Crippen LogP contribution < -0.4 is 10.2 Å². The molecule has 36 heavy (non-hydrogen) atoms. The first-order valence-electron chi connectivity index (χ1n) is 12.9. The van der Waals surface area contributed by atoms with E-state index in [9.17, 15) is 14.0 Å². The number of nitrogens with one attached hydrogen (secondary N) is 1. The molecule has 1 unspecified atom stereocenters. The van der Waals surface area contributed by atoms with Crippen LogP contribution in [0.2, 0.25) is 0 Å². The lowest BCUT2D eigenvalue weighted by atomic mass is 9.91. The second kappa shape index (κ2) is 11.0. The number of hydrogen-bond acceptors (Lipinski definition) is 5. The average molecular weight is 496 g/mol. The van der Waals surface area contributed by atoms with E-state index in [0.29, 0.717) is 31.5 Å². The molecule has 194 valence electrons. The highest BCUT2D eigenvalue weighted by atomic mass is 19.1. The van der Waals surface area contributed by atoms with Crippen LogP contribution in [0, 0.1) is 5.82 Å². The molecule has 2 amide bonds. The van der Waals surface area contributed by atoms with Gasteiger partial charge in [0.05, 0.1) is 17.9 Å². The summed E-state index contributed by atoms with van der Waals surface area (Å²) in [6, 6.07) is 9.02. The van der Waals surface area contributed by atoms with Crippen molar-refractivity contribution >= 4 is 17.5 Å². The molecule has 1 atom stereocenters. The maximum Gasteiger partial charge on any atom is 0.241 e. The Hall–Kier alpha value is -2.84. The molecule has 4 heterocycles. The van der Waals surface area contributed by atoms with E-state index >= 15 is 0 Å². The van der Waals surface area contributed by atoms with Crippen molar-refractivity contribution in [3.8, 4) is 0 Å². The number of carbonyl (C=O) groups is 2. The predicted octanol–water partition coefficient (Wildman–Crippen LogP) is 2.97. The van der Waals surface area contributed by atoms with E-state index in [0.717, 1.165) is 61.5 Å². The quantitative estimate of drug-likeness (QED) is 0.707. The van der Waals surface area contributed by atoms with Crippen LogP contribution in [0.1, 0.15) is 50.4 Å². The molecule has 0 bridgehead atoms. The van der Waals surface area contributed by atoms with Gasteiger partial charge in [-0.2, -0.15) is 0 Å². The zero-order chi connectivity index (χ0) is 25.9. The lowest BCUT2D eigenvalue weighted by Gasteiger charge is -2.32. The maximum atomic E-state index is 13.2. The first-order valence-corrected chi connectivity index (χ1v) is 12.9. The van der Waals surface area contributed by atoms with Gasteiger partial charge in [-0.05, 0) is 49.1 Å². The molecule has 1 aromatic carbocycles.